The first-order chi connectivity index (χ1) is 9.08. The van der Waals surface area contributed by atoms with E-state index < -0.39 is 0 Å². The number of imide groups is 1. The summed E-state index contributed by atoms with van der Waals surface area (Å²) >= 11 is 0. The second-order valence-corrected chi connectivity index (χ2v) is 5.19. The van der Waals surface area contributed by atoms with Crippen molar-refractivity contribution >= 4 is 17.9 Å². The Morgan fingerprint density at radius 2 is 1.68 bits per heavy atom. The number of piperidine rings is 1. The van der Waals surface area contributed by atoms with Gasteiger partial charge in [0.1, 0.15) is 0 Å². The van der Waals surface area contributed by atoms with E-state index in [0.29, 0.717) is 12.8 Å². The number of hydrogen-bond acceptors (Lipinski definition) is 2. The number of benzene rings is 1. The van der Waals surface area contributed by atoms with Crippen molar-refractivity contribution in [2.75, 3.05) is 0 Å². The molecule has 2 amide bonds. The van der Waals surface area contributed by atoms with Gasteiger partial charge in [0.25, 0.3) is 0 Å². The lowest BCUT2D eigenvalue weighted by Crippen LogP contribution is -2.46. The van der Waals surface area contributed by atoms with Gasteiger partial charge in [-0.1, -0.05) is 42.5 Å². The van der Waals surface area contributed by atoms with E-state index in [9.17, 15) is 9.59 Å². The van der Waals surface area contributed by atoms with Gasteiger partial charge in [0, 0.05) is 18.9 Å². The van der Waals surface area contributed by atoms with Crippen LogP contribution in [0.4, 0.5) is 0 Å². The Labute approximate surface area is 113 Å². The Balaban J connectivity index is 2.03. The SMILES string of the molecule is CC(C)N1C(=O)CC(/C=C/c2ccccc2)CC1=O. The highest BCUT2D eigenvalue weighted by molar-refractivity contribution is 5.98. The second-order valence-electron chi connectivity index (χ2n) is 5.19. The summed E-state index contributed by atoms with van der Waals surface area (Å²) in [6.07, 6.45) is 4.81. The van der Waals surface area contributed by atoms with E-state index in [2.05, 4.69) is 0 Å². The standard InChI is InChI=1S/C16H19NO2/c1-12(2)17-15(18)10-14(11-16(17)19)9-8-13-6-4-3-5-7-13/h3-9,12,14H,10-11H2,1-2H3/b9-8+. The fourth-order valence-corrected chi connectivity index (χ4v) is 2.38. The summed E-state index contributed by atoms with van der Waals surface area (Å²) in [6, 6.07) is 9.87. The molecule has 1 fully saturated rings. The molecule has 0 saturated carbocycles. The summed E-state index contributed by atoms with van der Waals surface area (Å²) in [5, 5.41) is 0. The fourth-order valence-electron chi connectivity index (χ4n) is 2.38. The minimum Gasteiger partial charge on any atom is -0.280 e. The van der Waals surface area contributed by atoms with Gasteiger partial charge in [-0.2, -0.15) is 0 Å². The van der Waals surface area contributed by atoms with E-state index in [1.165, 1.54) is 4.90 Å². The minimum atomic E-state index is -0.0611. The predicted molar refractivity (Wildman–Crippen MR) is 75.2 cm³/mol. The Kier molecular flexibility index (Phi) is 4.15. The monoisotopic (exact) mass is 257 g/mol. The second kappa shape index (κ2) is 5.83. The lowest BCUT2D eigenvalue weighted by atomic mass is 9.93. The summed E-state index contributed by atoms with van der Waals surface area (Å²) in [7, 11) is 0. The average molecular weight is 257 g/mol. The smallest absolute Gasteiger partial charge is 0.230 e. The highest BCUT2D eigenvalue weighted by Gasteiger charge is 2.32. The van der Waals surface area contributed by atoms with Crippen LogP contribution in [0.15, 0.2) is 36.4 Å². The summed E-state index contributed by atoms with van der Waals surface area (Å²) in [5.74, 6) is -0.0990. The Bertz CT molecular complexity index is 473. The molecule has 1 aromatic rings. The molecule has 1 heterocycles. The Morgan fingerprint density at radius 1 is 1.11 bits per heavy atom. The zero-order valence-electron chi connectivity index (χ0n) is 11.4. The van der Waals surface area contributed by atoms with Gasteiger partial charge in [0.05, 0.1) is 0 Å². The maximum Gasteiger partial charge on any atom is 0.230 e. The molecular formula is C16H19NO2. The first-order valence-corrected chi connectivity index (χ1v) is 6.66. The summed E-state index contributed by atoms with van der Waals surface area (Å²) in [4.78, 5) is 25.3. The first kappa shape index (κ1) is 13.5. The van der Waals surface area contributed by atoms with Crippen molar-refractivity contribution in [3.63, 3.8) is 0 Å². The lowest BCUT2D eigenvalue weighted by molar-refractivity contribution is -0.151. The van der Waals surface area contributed by atoms with Gasteiger partial charge in [-0.15, -0.1) is 0 Å². The number of carbonyl (C=O) groups excluding carboxylic acids is 2. The van der Waals surface area contributed by atoms with E-state index in [1.807, 2.05) is 56.3 Å². The molecule has 1 aliphatic rings. The fraction of sp³-hybridized carbons (Fsp3) is 0.375. The molecule has 0 unspecified atom stereocenters. The van der Waals surface area contributed by atoms with Crippen molar-refractivity contribution < 1.29 is 9.59 Å². The van der Waals surface area contributed by atoms with Crippen LogP contribution in [0, 0.1) is 5.92 Å². The molecular weight excluding hydrogens is 238 g/mol. The predicted octanol–water partition coefficient (Wildman–Crippen LogP) is 2.87. The quantitative estimate of drug-likeness (QED) is 0.781. The summed E-state index contributed by atoms with van der Waals surface area (Å²) in [5.41, 5.74) is 1.09. The van der Waals surface area contributed by atoms with Crippen molar-refractivity contribution in [1.82, 2.24) is 4.90 Å². The third-order valence-corrected chi connectivity index (χ3v) is 3.29. The van der Waals surface area contributed by atoms with Crippen LogP contribution in [0.3, 0.4) is 0 Å². The molecule has 1 saturated heterocycles. The van der Waals surface area contributed by atoms with Crippen LogP contribution in [0.25, 0.3) is 6.08 Å². The molecule has 0 radical (unpaired) electrons. The average Bonchev–Trinajstić information content (AvgIpc) is 2.36. The van der Waals surface area contributed by atoms with Crippen LogP contribution in [0.2, 0.25) is 0 Å². The maximum absolute atomic E-state index is 11.9. The molecule has 0 aromatic heterocycles. The molecule has 0 bridgehead atoms. The Hall–Kier alpha value is -1.90. The van der Waals surface area contributed by atoms with E-state index in [0.717, 1.165) is 5.56 Å². The van der Waals surface area contributed by atoms with Crippen molar-refractivity contribution in [3.05, 3.63) is 42.0 Å². The van der Waals surface area contributed by atoms with Gasteiger partial charge in [-0.3, -0.25) is 14.5 Å². The van der Waals surface area contributed by atoms with Crippen LogP contribution < -0.4 is 0 Å². The number of amides is 2. The number of allylic oxidation sites excluding steroid dienone is 1. The third kappa shape index (κ3) is 3.31. The highest BCUT2D eigenvalue weighted by Crippen LogP contribution is 2.23. The van der Waals surface area contributed by atoms with Crippen molar-refractivity contribution in [2.24, 2.45) is 5.92 Å². The van der Waals surface area contributed by atoms with Crippen LogP contribution in [0.1, 0.15) is 32.3 Å². The van der Waals surface area contributed by atoms with Crippen molar-refractivity contribution in [1.29, 1.82) is 0 Å². The summed E-state index contributed by atoms with van der Waals surface area (Å²) in [6.45, 7) is 3.74. The molecule has 100 valence electrons. The van der Waals surface area contributed by atoms with E-state index in [1.54, 1.807) is 0 Å². The molecule has 1 aromatic carbocycles. The molecule has 0 atom stereocenters. The topological polar surface area (TPSA) is 37.4 Å². The van der Waals surface area contributed by atoms with Crippen LogP contribution >= 0.6 is 0 Å². The van der Waals surface area contributed by atoms with E-state index in [4.69, 9.17) is 0 Å². The largest absolute Gasteiger partial charge is 0.280 e. The normalized spacial score (nSPS) is 17.7. The first-order valence-electron chi connectivity index (χ1n) is 6.66. The van der Waals surface area contributed by atoms with Crippen molar-refractivity contribution in [3.8, 4) is 0 Å². The Morgan fingerprint density at radius 3 is 2.21 bits per heavy atom. The van der Waals surface area contributed by atoms with Gasteiger partial charge in [-0.25, -0.2) is 0 Å². The number of likely N-dealkylation sites (tertiary alicyclic amines) is 1. The molecule has 0 aliphatic carbocycles. The van der Waals surface area contributed by atoms with Gasteiger partial charge in [-0.05, 0) is 25.3 Å². The molecule has 3 heteroatoms. The molecule has 2 rings (SSSR count). The highest BCUT2D eigenvalue weighted by atomic mass is 16.2. The van der Waals surface area contributed by atoms with Gasteiger partial charge in [0.2, 0.25) is 11.8 Å². The molecule has 1 aliphatic heterocycles. The van der Waals surface area contributed by atoms with Gasteiger partial charge in [0.15, 0.2) is 0 Å². The number of carbonyl (C=O) groups is 2. The zero-order valence-corrected chi connectivity index (χ0v) is 11.4. The van der Waals surface area contributed by atoms with Crippen LogP contribution in [0.5, 0.6) is 0 Å². The number of hydrogen-bond donors (Lipinski definition) is 0. The minimum absolute atomic E-state index is 0.0233. The zero-order chi connectivity index (χ0) is 13.8. The number of rotatable bonds is 3. The summed E-state index contributed by atoms with van der Waals surface area (Å²) < 4.78 is 0. The molecule has 3 nitrogen and oxygen atoms in total. The van der Waals surface area contributed by atoms with E-state index in [-0.39, 0.29) is 23.8 Å². The van der Waals surface area contributed by atoms with Gasteiger partial charge < -0.3 is 0 Å². The molecule has 19 heavy (non-hydrogen) atoms. The molecule has 0 N–H and O–H groups in total. The lowest BCUT2D eigenvalue weighted by Gasteiger charge is -2.31. The van der Waals surface area contributed by atoms with Crippen molar-refractivity contribution in [2.45, 2.75) is 32.7 Å². The maximum atomic E-state index is 11.9. The third-order valence-electron chi connectivity index (χ3n) is 3.29. The van der Waals surface area contributed by atoms with Crippen LogP contribution in [-0.4, -0.2) is 22.8 Å². The van der Waals surface area contributed by atoms with E-state index >= 15 is 0 Å². The molecule has 0 spiro atoms. The van der Waals surface area contributed by atoms with Crippen LogP contribution in [-0.2, 0) is 9.59 Å². The van der Waals surface area contributed by atoms with Gasteiger partial charge >= 0.3 is 0 Å². The number of nitrogens with zero attached hydrogens (tertiary/aromatic N) is 1.